The maximum absolute atomic E-state index is 13.4. The molecule has 0 radical (unpaired) electrons. The summed E-state index contributed by atoms with van der Waals surface area (Å²) in [6.45, 7) is 0.0211. The molecule has 1 saturated carbocycles. The van der Waals surface area contributed by atoms with Crippen LogP contribution in [0.25, 0.3) is 0 Å². The van der Waals surface area contributed by atoms with Crippen LogP contribution in [0.15, 0.2) is 53.7 Å². The van der Waals surface area contributed by atoms with Gasteiger partial charge in [0, 0.05) is 12.4 Å². The molecule has 1 aliphatic carbocycles. The van der Waals surface area contributed by atoms with Gasteiger partial charge in [-0.2, -0.15) is 13.2 Å². The summed E-state index contributed by atoms with van der Waals surface area (Å²) in [6, 6.07) is 6.27. The third-order valence-corrected chi connectivity index (χ3v) is 5.42. The molecule has 0 unspecified atom stereocenters. The number of ether oxygens (including phenoxy) is 2. The fourth-order valence-electron chi connectivity index (χ4n) is 3.28. The van der Waals surface area contributed by atoms with Crippen LogP contribution in [0.3, 0.4) is 0 Å². The van der Waals surface area contributed by atoms with Crippen LogP contribution in [0.2, 0.25) is 0 Å². The molecule has 0 atom stereocenters. The first-order valence-corrected chi connectivity index (χ1v) is 10.6. The van der Waals surface area contributed by atoms with Crippen molar-refractivity contribution >= 4 is 11.8 Å². The van der Waals surface area contributed by atoms with Crippen molar-refractivity contribution in [1.82, 2.24) is 25.6 Å². The van der Waals surface area contributed by atoms with E-state index in [1.54, 1.807) is 0 Å². The normalized spacial score (nSPS) is 14.0. The van der Waals surface area contributed by atoms with Crippen molar-refractivity contribution in [2.75, 3.05) is 7.11 Å². The Morgan fingerprint density at radius 3 is 2.44 bits per heavy atom. The third kappa shape index (κ3) is 5.62. The standard InChI is InChI=1S/C23H20F3N5O5/c1-35-15-4-5-18(17(8-15)23(24,25)26)36-16-3-2-14(27-12-16)11-28-20(33)22(6-7-22)31-19(32)13-9-29-21(34)30-10-13/h2-5,8-10,12H,6-7,11H2,1H3,(H,28,33)(H,31,32)(H,29,30,34). The second-order valence-corrected chi connectivity index (χ2v) is 7.97. The van der Waals surface area contributed by atoms with Gasteiger partial charge in [0.1, 0.15) is 28.4 Å². The zero-order valence-corrected chi connectivity index (χ0v) is 18.8. The van der Waals surface area contributed by atoms with Gasteiger partial charge in [0.05, 0.1) is 31.1 Å². The largest absolute Gasteiger partial charge is 0.497 e. The summed E-state index contributed by atoms with van der Waals surface area (Å²) in [4.78, 5) is 45.9. The van der Waals surface area contributed by atoms with Crippen LogP contribution in [0.1, 0.15) is 34.5 Å². The van der Waals surface area contributed by atoms with Crippen LogP contribution in [-0.2, 0) is 17.5 Å². The van der Waals surface area contributed by atoms with E-state index >= 15 is 0 Å². The molecule has 10 nitrogen and oxygen atoms in total. The maximum atomic E-state index is 13.4. The van der Waals surface area contributed by atoms with Gasteiger partial charge in [-0.15, -0.1) is 0 Å². The van der Waals surface area contributed by atoms with Crippen LogP contribution in [-0.4, -0.2) is 39.4 Å². The van der Waals surface area contributed by atoms with E-state index in [2.05, 4.69) is 25.6 Å². The van der Waals surface area contributed by atoms with Gasteiger partial charge in [0.25, 0.3) is 5.91 Å². The fraction of sp³-hybridized carbons (Fsp3) is 0.261. The monoisotopic (exact) mass is 503 g/mol. The smallest absolute Gasteiger partial charge is 0.420 e. The highest BCUT2D eigenvalue weighted by Gasteiger charge is 2.51. The number of halogens is 3. The second kappa shape index (κ2) is 9.68. The van der Waals surface area contributed by atoms with Crippen molar-refractivity contribution < 1.29 is 32.2 Å². The highest BCUT2D eigenvalue weighted by atomic mass is 19.4. The van der Waals surface area contributed by atoms with E-state index in [9.17, 15) is 27.6 Å². The molecule has 188 valence electrons. The first-order chi connectivity index (χ1) is 17.1. The molecule has 0 saturated heterocycles. The van der Waals surface area contributed by atoms with Crippen molar-refractivity contribution in [3.63, 3.8) is 0 Å². The molecule has 36 heavy (non-hydrogen) atoms. The topological polar surface area (TPSA) is 135 Å². The van der Waals surface area contributed by atoms with Gasteiger partial charge < -0.3 is 25.1 Å². The number of carbonyl (C=O) groups excluding carboxylic acids is 2. The van der Waals surface area contributed by atoms with Crippen molar-refractivity contribution in [3.8, 4) is 17.2 Å². The van der Waals surface area contributed by atoms with Crippen molar-refractivity contribution in [1.29, 1.82) is 0 Å². The van der Waals surface area contributed by atoms with Gasteiger partial charge in [-0.25, -0.2) is 9.78 Å². The Morgan fingerprint density at radius 1 is 1.11 bits per heavy atom. The summed E-state index contributed by atoms with van der Waals surface area (Å²) >= 11 is 0. The number of rotatable bonds is 8. The Hall–Kier alpha value is -4.42. The summed E-state index contributed by atoms with van der Waals surface area (Å²) in [5, 5.41) is 5.33. The Labute approximate surface area is 201 Å². The van der Waals surface area contributed by atoms with E-state index in [0.29, 0.717) is 18.5 Å². The number of aromatic nitrogens is 3. The van der Waals surface area contributed by atoms with Gasteiger partial charge in [-0.1, -0.05) is 0 Å². The minimum absolute atomic E-state index is 0.0211. The minimum Gasteiger partial charge on any atom is -0.497 e. The van der Waals surface area contributed by atoms with Gasteiger partial charge >= 0.3 is 11.9 Å². The van der Waals surface area contributed by atoms with Crippen molar-refractivity contribution in [2.45, 2.75) is 31.1 Å². The number of benzene rings is 1. The minimum atomic E-state index is -4.65. The molecular formula is C23H20F3N5O5. The average Bonchev–Trinajstić information content (AvgIpc) is 3.64. The Bertz CT molecular complexity index is 1320. The predicted molar refractivity (Wildman–Crippen MR) is 118 cm³/mol. The highest BCUT2D eigenvalue weighted by Crippen LogP contribution is 2.40. The number of H-pyrrole nitrogens is 1. The fourth-order valence-corrected chi connectivity index (χ4v) is 3.28. The lowest BCUT2D eigenvalue weighted by Crippen LogP contribution is -2.49. The second-order valence-electron chi connectivity index (χ2n) is 7.97. The SMILES string of the molecule is COc1ccc(Oc2ccc(CNC(=O)C3(NC(=O)c4cnc(=O)[nH]c4)CC3)nc2)c(C(F)(F)F)c1. The van der Waals surface area contributed by atoms with Gasteiger partial charge in [0.15, 0.2) is 0 Å². The van der Waals surface area contributed by atoms with Gasteiger partial charge in [-0.05, 0) is 43.2 Å². The summed E-state index contributed by atoms with van der Waals surface area (Å²) in [5.74, 6) is -1.26. The molecule has 3 aromatic rings. The lowest BCUT2D eigenvalue weighted by Gasteiger charge is -2.17. The van der Waals surface area contributed by atoms with E-state index < -0.39 is 40.5 Å². The lowest BCUT2D eigenvalue weighted by atomic mass is 10.2. The molecule has 2 amide bonds. The van der Waals surface area contributed by atoms with Crippen LogP contribution >= 0.6 is 0 Å². The molecule has 0 spiro atoms. The van der Waals surface area contributed by atoms with Crippen LogP contribution in [0.5, 0.6) is 17.2 Å². The first-order valence-electron chi connectivity index (χ1n) is 10.6. The lowest BCUT2D eigenvalue weighted by molar-refractivity contribution is -0.138. The highest BCUT2D eigenvalue weighted by molar-refractivity contribution is 6.00. The van der Waals surface area contributed by atoms with Gasteiger partial charge in [0.2, 0.25) is 5.91 Å². The number of methoxy groups -OCH3 is 1. The molecule has 2 heterocycles. The molecule has 1 fully saturated rings. The van der Waals surface area contributed by atoms with Crippen LogP contribution in [0, 0.1) is 0 Å². The molecule has 0 aliphatic heterocycles. The number of hydrogen-bond acceptors (Lipinski definition) is 7. The van der Waals surface area contributed by atoms with Gasteiger partial charge in [-0.3, -0.25) is 14.6 Å². The molecule has 4 rings (SSSR count). The van der Waals surface area contributed by atoms with Crippen molar-refractivity contribution in [2.24, 2.45) is 0 Å². The molecular weight excluding hydrogens is 483 g/mol. The summed E-state index contributed by atoms with van der Waals surface area (Å²) in [6.07, 6.45) is -0.223. The number of hydrogen-bond donors (Lipinski definition) is 3. The Morgan fingerprint density at radius 2 is 1.86 bits per heavy atom. The van der Waals surface area contributed by atoms with E-state index in [1.165, 1.54) is 37.7 Å². The van der Waals surface area contributed by atoms with Crippen molar-refractivity contribution in [3.05, 3.63) is 76.2 Å². The number of pyridine rings is 1. The summed E-state index contributed by atoms with van der Waals surface area (Å²) < 4.78 is 50.3. The van der Waals surface area contributed by atoms with E-state index in [-0.39, 0.29) is 23.6 Å². The summed E-state index contributed by atoms with van der Waals surface area (Å²) in [5.41, 5.74) is -2.13. The number of carbonyl (C=O) groups is 2. The Kier molecular flexibility index (Phi) is 6.64. The quantitative estimate of drug-likeness (QED) is 0.430. The van der Waals surface area contributed by atoms with Crippen LogP contribution < -0.4 is 25.8 Å². The zero-order valence-electron chi connectivity index (χ0n) is 18.8. The maximum Gasteiger partial charge on any atom is 0.420 e. The summed E-state index contributed by atoms with van der Waals surface area (Å²) in [7, 11) is 1.26. The molecule has 2 aromatic heterocycles. The van der Waals surface area contributed by atoms with E-state index in [0.717, 1.165) is 18.3 Å². The molecule has 1 aromatic carbocycles. The number of aromatic amines is 1. The molecule has 13 heteroatoms. The van der Waals surface area contributed by atoms with E-state index in [4.69, 9.17) is 9.47 Å². The number of amides is 2. The first kappa shape index (κ1) is 24.7. The molecule has 3 N–H and O–H groups in total. The number of nitrogens with one attached hydrogen (secondary N) is 3. The van der Waals surface area contributed by atoms with E-state index in [1.807, 2.05) is 0 Å². The average molecular weight is 503 g/mol. The molecule has 0 bridgehead atoms. The number of alkyl halides is 3. The van der Waals surface area contributed by atoms with Crippen LogP contribution in [0.4, 0.5) is 13.2 Å². The molecule has 1 aliphatic rings. The zero-order chi connectivity index (χ0) is 25.9. The number of nitrogens with zero attached hydrogens (tertiary/aromatic N) is 2. The Balaban J connectivity index is 1.35. The third-order valence-electron chi connectivity index (χ3n) is 5.42. The predicted octanol–water partition coefficient (Wildman–Crippen LogP) is 2.56.